The van der Waals surface area contributed by atoms with Gasteiger partial charge in [0.1, 0.15) is 23.8 Å². The number of carbonyl (C=O) groups is 2. The van der Waals surface area contributed by atoms with E-state index in [2.05, 4.69) is 21.7 Å². The molecule has 1 aliphatic heterocycles. The number of methoxy groups -OCH3 is 1. The molecular formula is C27H34ClF3N4O4. The number of aryl methyl sites for hydroxylation is 2. The molecular weight excluding hydrogens is 537 g/mol. The minimum Gasteiger partial charge on any atom is -0.480 e. The van der Waals surface area contributed by atoms with Crippen molar-refractivity contribution in [2.24, 2.45) is 0 Å². The molecule has 0 fully saturated rings. The molecule has 0 saturated heterocycles. The van der Waals surface area contributed by atoms with Crippen LogP contribution in [0.15, 0.2) is 30.3 Å². The number of ether oxygens (including phenoxy) is 1. The van der Waals surface area contributed by atoms with E-state index in [0.717, 1.165) is 43.4 Å². The average Bonchev–Trinajstić information content (AvgIpc) is 2.92. The molecule has 2 heterocycles. The van der Waals surface area contributed by atoms with E-state index in [1.165, 1.54) is 24.8 Å². The molecule has 3 N–H and O–H groups in total. The Morgan fingerprint density at radius 1 is 1.23 bits per heavy atom. The molecule has 2 aromatic rings. The fourth-order valence-corrected chi connectivity index (χ4v) is 4.65. The predicted octanol–water partition coefficient (Wildman–Crippen LogP) is 4.41. The molecule has 12 heteroatoms. The van der Waals surface area contributed by atoms with Crippen LogP contribution in [0.5, 0.6) is 0 Å². The molecule has 3 rings (SSSR count). The summed E-state index contributed by atoms with van der Waals surface area (Å²) in [5, 5.41) is 14.9. The van der Waals surface area contributed by atoms with E-state index < -0.39 is 41.3 Å². The standard InChI is InChI=1S/C27H34ClF3N4O4/c1-39-22(24(30)31)16-35(14-3-2-7-18-11-10-17-6-5-13-32-25(17)33-18)15-12-21(27(37)38)34-26(36)19-8-4-9-20(29)23(19)28/h4,8-11,21-22,24H,2-3,5-7,12-16H2,1H3,(H,32,33)(H,34,36)(H,37,38). The number of carboxylic acid groups (broad SMARTS) is 1. The van der Waals surface area contributed by atoms with Crippen molar-refractivity contribution in [1.29, 1.82) is 0 Å². The highest BCUT2D eigenvalue weighted by molar-refractivity contribution is 6.34. The number of unbranched alkanes of at least 4 members (excludes halogenated alkanes) is 1. The van der Waals surface area contributed by atoms with E-state index in [1.807, 2.05) is 6.07 Å². The normalized spacial score (nSPS) is 14.5. The van der Waals surface area contributed by atoms with Crippen LogP contribution in [0.1, 0.15) is 47.3 Å². The smallest absolute Gasteiger partial charge is 0.326 e. The number of hydrogen-bond acceptors (Lipinski definition) is 6. The molecule has 0 saturated carbocycles. The number of rotatable bonds is 15. The molecule has 1 aromatic heterocycles. The highest BCUT2D eigenvalue weighted by Gasteiger charge is 2.26. The Kier molecular flexibility index (Phi) is 11.8. The molecule has 8 nitrogen and oxygen atoms in total. The highest BCUT2D eigenvalue weighted by atomic mass is 35.5. The third-order valence-electron chi connectivity index (χ3n) is 6.66. The largest absolute Gasteiger partial charge is 0.480 e. The zero-order chi connectivity index (χ0) is 28.4. The number of benzene rings is 1. The maximum absolute atomic E-state index is 13.7. The molecule has 0 bridgehead atoms. The second kappa shape index (κ2) is 15.0. The van der Waals surface area contributed by atoms with E-state index in [9.17, 15) is 27.9 Å². The summed E-state index contributed by atoms with van der Waals surface area (Å²) >= 11 is 5.85. The molecule has 0 spiro atoms. The molecule has 2 atom stereocenters. The van der Waals surface area contributed by atoms with Crippen LogP contribution in [-0.4, -0.2) is 78.7 Å². The van der Waals surface area contributed by atoms with Gasteiger partial charge in [0.15, 0.2) is 0 Å². The van der Waals surface area contributed by atoms with Crippen LogP contribution in [0.4, 0.5) is 19.0 Å². The van der Waals surface area contributed by atoms with Gasteiger partial charge in [0, 0.05) is 32.4 Å². The van der Waals surface area contributed by atoms with Gasteiger partial charge in [0.05, 0.1) is 10.6 Å². The van der Waals surface area contributed by atoms with Gasteiger partial charge in [-0.25, -0.2) is 22.9 Å². The molecule has 1 aromatic carbocycles. The van der Waals surface area contributed by atoms with Crippen molar-refractivity contribution in [3.8, 4) is 0 Å². The van der Waals surface area contributed by atoms with Crippen LogP contribution in [0.25, 0.3) is 0 Å². The summed E-state index contributed by atoms with van der Waals surface area (Å²) in [5.41, 5.74) is 1.96. The van der Waals surface area contributed by atoms with E-state index in [4.69, 9.17) is 16.3 Å². The first-order valence-electron chi connectivity index (χ1n) is 12.9. The lowest BCUT2D eigenvalue weighted by Crippen LogP contribution is -2.45. The zero-order valence-corrected chi connectivity index (χ0v) is 22.5. The number of alkyl halides is 2. The number of anilines is 1. The van der Waals surface area contributed by atoms with Gasteiger partial charge >= 0.3 is 5.97 Å². The van der Waals surface area contributed by atoms with Crippen LogP contribution in [0.3, 0.4) is 0 Å². The molecule has 0 radical (unpaired) electrons. The van der Waals surface area contributed by atoms with E-state index >= 15 is 0 Å². The Bertz CT molecular complexity index is 1120. The lowest BCUT2D eigenvalue weighted by atomic mass is 10.1. The van der Waals surface area contributed by atoms with Gasteiger partial charge in [-0.15, -0.1) is 0 Å². The van der Waals surface area contributed by atoms with Crippen molar-refractivity contribution in [2.45, 2.75) is 57.1 Å². The maximum Gasteiger partial charge on any atom is 0.326 e. The van der Waals surface area contributed by atoms with Gasteiger partial charge < -0.3 is 25.4 Å². The Labute approximate surface area is 230 Å². The topological polar surface area (TPSA) is 104 Å². The summed E-state index contributed by atoms with van der Waals surface area (Å²) in [5.74, 6) is -2.03. The number of pyridine rings is 1. The first kappa shape index (κ1) is 30.6. The Morgan fingerprint density at radius 2 is 2.03 bits per heavy atom. The van der Waals surface area contributed by atoms with Crippen molar-refractivity contribution in [3.05, 3.63) is 58.0 Å². The van der Waals surface area contributed by atoms with Gasteiger partial charge in [0.25, 0.3) is 12.3 Å². The number of aliphatic carboxylic acids is 1. The number of halogens is 4. The fraction of sp³-hybridized carbons (Fsp3) is 0.519. The fourth-order valence-electron chi connectivity index (χ4n) is 4.44. The number of aromatic nitrogens is 1. The summed E-state index contributed by atoms with van der Waals surface area (Å²) in [6.07, 6.45) is 0.0929. The van der Waals surface area contributed by atoms with Crippen LogP contribution >= 0.6 is 11.6 Å². The molecule has 1 aliphatic rings. The summed E-state index contributed by atoms with van der Waals surface area (Å²) in [7, 11) is 1.20. The summed E-state index contributed by atoms with van der Waals surface area (Å²) in [4.78, 5) is 30.8. The molecule has 39 heavy (non-hydrogen) atoms. The van der Waals surface area contributed by atoms with E-state index in [-0.39, 0.29) is 25.1 Å². The van der Waals surface area contributed by atoms with Crippen LogP contribution in [0, 0.1) is 5.82 Å². The summed E-state index contributed by atoms with van der Waals surface area (Å²) in [6, 6.07) is 6.41. The quantitative estimate of drug-likeness (QED) is 0.273. The number of carbonyl (C=O) groups excluding carboxylic acids is 1. The summed E-state index contributed by atoms with van der Waals surface area (Å²) < 4.78 is 45.5. The first-order chi connectivity index (χ1) is 18.7. The number of nitrogens with one attached hydrogen (secondary N) is 2. The van der Waals surface area contributed by atoms with Gasteiger partial charge in [-0.2, -0.15) is 0 Å². The van der Waals surface area contributed by atoms with Crippen molar-refractivity contribution < 1.29 is 32.6 Å². The second-order valence-electron chi connectivity index (χ2n) is 9.46. The SMILES string of the molecule is COC(CN(CCCCc1ccc2c(n1)NCCC2)CCC(NC(=O)c1cccc(F)c1Cl)C(=O)O)C(F)F. The molecule has 1 amide bonds. The number of fused-ring (bicyclic) bond motifs is 1. The number of hydrogen-bond donors (Lipinski definition) is 3. The lowest BCUT2D eigenvalue weighted by molar-refractivity contribution is -0.139. The van der Waals surface area contributed by atoms with Crippen LogP contribution < -0.4 is 10.6 Å². The zero-order valence-electron chi connectivity index (χ0n) is 21.8. The average molecular weight is 571 g/mol. The van der Waals surface area contributed by atoms with Crippen molar-refractivity contribution in [2.75, 3.05) is 38.6 Å². The van der Waals surface area contributed by atoms with Crippen molar-refractivity contribution in [3.63, 3.8) is 0 Å². The summed E-state index contributed by atoms with van der Waals surface area (Å²) in [6.45, 7) is 1.33. The third-order valence-corrected chi connectivity index (χ3v) is 7.05. The van der Waals surface area contributed by atoms with Crippen LogP contribution in [-0.2, 0) is 22.4 Å². The molecule has 214 valence electrons. The molecule has 0 aliphatic carbocycles. The van der Waals surface area contributed by atoms with Gasteiger partial charge in [-0.05, 0) is 68.8 Å². The monoisotopic (exact) mass is 570 g/mol. The van der Waals surface area contributed by atoms with E-state index in [1.54, 1.807) is 4.90 Å². The minimum absolute atomic E-state index is 0.0638. The number of nitrogens with zero attached hydrogens (tertiary/aromatic N) is 2. The van der Waals surface area contributed by atoms with Gasteiger partial charge in [0.2, 0.25) is 0 Å². The lowest BCUT2D eigenvalue weighted by Gasteiger charge is -2.28. The van der Waals surface area contributed by atoms with Crippen LogP contribution in [0.2, 0.25) is 5.02 Å². The third kappa shape index (κ3) is 9.08. The minimum atomic E-state index is -2.71. The predicted molar refractivity (Wildman–Crippen MR) is 142 cm³/mol. The van der Waals surface area contributed by atoms with Gasteiger partial charge in [-0.3, -0.25) is 4.79 Å². The highest BCUT2D eigenvalue weighted by Crippen LogP contribution is 2.21. The Morgan fingerprint density at radius 3 is 2.74 bits per heavy atom. The second-order valence-corrected chi connectivity index (χ2v) is 9.84. The van der Waals surface area contributed by atoms with Crippen molar-refractivity contribution in [1.82, 2.24) is 15.2 Å². The van der Waals surface area contributed by atoms with Gasteiger partial charge in [-0.1, -0.05) is 23.7 Å². The number of carboxylic acids is 1. The Hall–Kier alpha value is -2.89. The first-order valence-corrected chi connectivity index (χ1v) is 13.3. The van der Waals surface area contributed by atoms with Crippen molar-refractivity contribution >= 4 is 29.3 Å². The Balaban J connectivity index is 1.58. The number of amides is 1. The molecule has 2 unspecified atom stereocenters. The maximum atomic E-state index is 13.7. The van der Waals surface area contributed by atoms with E-state index in [0.29, 0.717) is 19.4 Å².